The van der Waals surface area contributed by atoms with Crippen molar-refractivity contribution in [3.63, 3.8) is 0 Å². The Morgan fingerprint density at radius 2 is 1.89 bits per heavy atom. The van der Waals surface area contributed by atoms with Crippen LogP contribution in [0.3, 0.4) is 0 Å². The van der Waals surface area contributed by atoms with E-state index in [1.807, 2.05) is 29.6 Å². The fourth-order valence-corrected chi connectivity index (χ4v) is 3.55. The van der Waals surface area contributed by atoms with E-state index < -0.39 is 0 Å². The lowest BCUT2D eigenvalue weighted by Gasteiger charge is -2.17. The lowest BCUT2D eigenvalue weighted by Crippen LogP contribution is -2.22. The molecule has 0 saturated heterocycles. The zero-order valence-corrected chi connectivity index (χ0v) is 13.5. The molecule has 5 heteroatoms. The van der Waals surface area contributed by atoms with Gasteiger partial charge in [0.1, 0.15) is 0 Å². The van der Waals surface area contributed by atoms with Gasteiger partial charge in [-0.3, -0.25) is 0 Å². The number of nitrogens with one attached hydrogen (secondary N) is 1. The van der Waals surface area contributed by atoms with Crippen molar-refractivity contribution in [2.24, 2.45) is 0 Å². The summed E-state index contributed by atoms with van der Waals surface area (Å²) in [7, 11) is 0. The molecule has 1 atom stereocenters. The highest BCUT2D eigenvalue weighted by Gasteiger charge is 2.16. The Kier molecular flexibility index (Phi) is 5.55. The lowest BCUT2D eigenvalue weighted by atomic mass is 10.0. The minimum Gasteiger partial charge on any atom is -0.309 e. The van der Waals surface area contributed by atoms with Crippen molar-refractivity contribution in [3.05, 3.63) is 55.2 Å². The van der Waals surface area contributed by atoms with E-state index in [2.05, 4.69) is 12.2 Å². The van der Waals surface area contributed by atoms with Gasteiger partial charge in [-0.05, 0) is 42.1 Å². The van der Waals surface area contributed by atoms with Gasteiger partial charge in [0.25, 0.3) is 0 Å². The lowest BCUT2D eigenvalue weighted by molar-refractivity contribution is 0.558. The second kappa shape index (κ2) is 6.96. The normalized spacial score (nSPS) is 12.6. The number of benzene rings is 1. The fraction of sp³-hybridized carbons (Fsp3) is 0.286. The maximum atomic E-state index is 6.22. The maximum absolute atomic E-state index is 6.22. The summed E-state index contributed by atoms with van der Waals surface area (Å²) >= 11 is 19.9. The summed E-state index contributed by atoms with van der Waals surface area (Å²) in [4.78, 5) is 1.16. The number of hydrogen-bond acceptors (Lipinski definition) is 2. The minimum atomic E-state index is 0.203. The predicted molar refractivity (Wildman–Crippen MR) is 85.9 cm³/mol. The topological polar surface area (TPSA) is 12.0 Å². The maximum Gasteiger partial charge on any atom is 0.0595 e. The summed E-state index contributed by atoms with van der Waals surface area (Å²) in [5.41, 5.74) is 1.14. The first-order valence-corrected chi connectivity index (χ1v) is 8.03. The molecule has 1 aromatic carbocycles. The first kappa shape index (κ1) is 15.1. The third-order valence-electron chi connectivity index (χ3n) is 2.84. The van der Waals surface area contributed by atoms with E-state index >= 15 is 0 Å². The first-order chi connectivity index (χ1) is 9.11. The highest BCUT2D eigenvalue weighted by Crippen LogP contribution is 2.32. The summed E-state index contributed by atoms with van der Waals surface area (Å²) in [5.74, 6) is 0. The van der Waals surface area contributed by atoms with Crippen LogP contribution in [0, 0.1) is 0 Å². The zero-order valence-electron chi connectivity index (χ0n) is 10.4. The summed E-state index contributed by atoms with van der Waals surface area (Å²) < 4.78 is 0. The highest BCUT2D eigenvalue weighted by atomic mass is 35.5. The Bertz CT molecular complexity index is 553. The van der Waals surface area contributed by atoms with Crippen molar-refractivity contribution < 1.29 is 0 Å². The van der Waals surface area contributed by atoms with Crippen molar-refractivity contribution in [1.29, 1.82) is 0 Å². The quantitative estimate of drug-likeness (QED) is 0.750. The smallest absolute Gasteiger partial charge is 0.0595 e. The molecule has 2 rings (SSSR count). The molecule has 2 aromatic rings. The Morgan fingerprint density at radius 3 is 2.47 bits per heavy atom. The van der Waals surface area contributed by atoms with Gasteiger partial charge in [0.15, 0.2) is 0 Å². The van der Waals surface area contributed by atoms with Crippen LogP contribution in [0.5, 0.6) is 0 Å². The molecule has 1 unspecified atom stereocenters. The zero-order chi connectivity index (χ0) is 13.8. The average Bonchev–Trinajstić information content (AvgIpc) is 2.79. The van der Waals surface area contributed by atoms with Gasteiger partial charge >= 0.3 is 0 Å². The van der Waals surface area contributed by atoms with Gasteiger partial charge in [0.05, 0.1) is 15.1 Å². The van der Waals surface area contributed by atoms with E-state index in [9.17, 15) is 0 Å². The number of likely N-dealkylation sites (N-methyl/N-ethyl adjacent to an activating group) is 1. The van der Waals surface area contributed by atoms with Gasteiger partial charge in [-0.2, -0.15) is 0 Å². The summed E-state index contributed by atoms with van der Waals surface area (Å²) in [5, 5.41) is 7.46. The van der Waals surface area contributed by atoms with Crippen molar-refractivity contribution in [3.8, 4) is 0 Å². The van der Waals surface area contributed by atoms with Crippen molar-refractivity contribution in [1.82, 2.24) is 5.32 Å². The van der Waals surface area contributed by atoms with Gasteiger partial charge in [-0.1, -0.05) is 47.8 Å². The number of halogens is 3. The monoisotopic (exact) mass is 333 g/mol. The molecule has 0 fully saturated rings. The molecule has 0 aliphatic carbocycles. The van der Waals surface area contributed by atoms with Crippen LogP contribution >= 0.6 is 46.1 Å². The van der Waals surface area contributed by atoms with E-state index in [-0.39, 0.29) is 6.04 Å². The number of thiophene rings is 1. The van der Waals surface area contributed by atoms with Crippen LogP contribution in [0.15, 0.2) is 29.6 Å². The summed E-state index contributed by atoms with van der Waals surface area (Å²) in [6.45, 7) is 2.98. The van der Waals surface area contributed by atoms with Crippen molar-refractivity contribution in [2.45, 2.75) is 19.4 Å². The largest absolute Gasteiger partial charge is 0.309 e. The highest BCUT2D eigenvalue weighted by molar-refractivity contribution is 7.10. The van der Waals surface area contributed by atoms with Gasteiger partial charge < -0.3 is 5.32 Å². The molecule has 0 saturated carbocycles. The molecule has 1 nitrogen and oxygen atoms in total. The molecule has 102 valence electrons. The van der Waals surface area contributed by atoms with Gasteiger partial charge in [0.2, 0.25) is 0 Å². The van der Waals surface area contributed by atoms with E-state index in [1.165, 1.54) is 0 Å². The Morgan fingerprint density at radius 1 is 1.11 bits per heavy atom. The molecule has 0 radical (unpaired) electrons. The van der Waals surface area contributed by atoms with Crippen LogP contribution in [0.4, 0.5) is 0 Å². The van der Waals surface area contributed by atoms with Crippen LogP contribution in [-0.4, -0.2) is 6.54 Å². The summed E-state index contributed by atoms with van der Waals surface area (Å²) in [6.07, 6.45) is 0.838. The van der Waals surface area contributed by atoms with Crippen LogP contribution in [-0.2, 0) is 6.42 Å². The third kappa shape index (κ3) is 3.87. The van der Waals surface area contributed by atoms with E-state index in [4.69, 9.17) is 34.8 Å². The molecule has 1 heterocycles. The second-order valence-electron chi connectivity index (χ2n) is 4.20. The Balaban J connectivity index is 2.21. The van der Waals surface area contributed by atoms with Crippen LogP contribution in [0.2, 0.25) is 15.1 Å². The van der Waals surface area contributed by atoms with Gasteiger partial charge in [-0.25, -0.2) is 0 Å². The SMILES string of the molecule is CCNC(Cc1ccc(Cl)c(Cl)c1)c1sccc1Cl. The fourth-order valence-electron chi connectivity index (χ4n) is 1.96. The number of rotatable bonds is 5. The summed E-state index contributed by atoms with van der Waals surface area (Å²) in [6, 6.07) is 7.88. The Hall–Kier alpha value is -0.250. The van der Waals surface area contributed by atoms with Gasteiger partial charge in [0, 0.05) is 10.9 Å². The van der Waals surface area contributed by atoms with E-state index in [0.717, 1.165) is 28.4 Å². The average molecular weight is 335 g/mol. The van der Waals surface area contributed by atoms with Crippen molar-refractivity contribution in [2.75, 3.05) is 6.54 Å². The minimum absolute atomic E-state index is 0.203. The number of hydrogen-bond donors (Lipinski definition) is 1. The van der Waals surface area contributed by atoms with Crippen LogP contribution in [0.25, 0.3) is 0 Å². The van der Waals surface area contributed by atoms with Gasteiger partial charge in [-0.15, -0.1) is 11.3 Å². The molecule has 1 aromatic heterocycles. The molecular formula is C14H14Cl3NS. The molecule has 0 amide bonds. The molecule has 0 spiro atoms. The predicted octanol–water partition coefficient (Wildman–Crippen LogP) is 5.60. The van der Waals surface area contributed by atoms with Crippen LogP contribution in [0.1, 0.15) is 23.4 Å². The molecular weight excluding hydrogens is 321 g/mol. The van der Waals surface area contributed by atoms with Crippen LogP contribution < -0.4 is 5.32 Å². The van der Waals surface area contributed by atoms with E-state index in [1.54, 1.807) is 11.3 Å². The van der Waals surface area contributed by atoms with Crippen molar-refractivity contribution >= 4 is 46.1 Å². The molecule has 1 N–H and O–H groups in total. The molecule has 0 aliphatic rings. The standard InChI is InChI=1S/C14H14Cl3NS/c1-2-18-13(14-11(16)5-6-19-14)8-9-3-4-10(15)12(17)7-9/h3-7,13,18H,2,8H2,1H3. The third-order valence-corrected chi connectivity index (χ3v) is 5.05. The molecule has 0 aliphatic heterocycles. The first-order valence-electron chi connectivity index (χ1n) is 6.02. The molecule has 0 bridgehead atoms. The Labute approximate surface area is 132 Å². The molecule has 19 heavy (non-hydrogen) atoms. The van der Waals surface area contributed by atoms with E-state index in [0.29, 0.717) is 10.0 Å². The second-order valence-corrected chi connectivity index (χ2v) is 6.36.